The van der Waals surface area contributed by atoms with Crippen LogP contribution in [-0.4, -0.2) is 37.8 Å². The Hall–Kier alpha value is -2.05. The van der Waals surface area contributed by atoms with E-state index < -0.39 is 10.8 Å². The first-order chi connectivity index (χ1) is 11.7. The molecule has 0 fully saturated rings. The van der Waals surface area contributed by atoms with Crippen LogP contribution in [0.3, 0.4) is 0 Å². The highest BCUT2D eigenvalue weighted by molar-refractivity contribution is 7.85. The zero-order valence-electron chi connectivity index (χ0n) is 14.2. The minimum absolute atomic E-state index is 0.555. The fourth-order valence-electron chi connectivity index (χ4n) is 2.38. The molecule has 0 amide bonds. The summed E-state index contributed by atoms with van der Waals surface area (Å²) >= 11 is 0. The Morgan fingerprint density at radius 2 is 1.62 bits per heavy atom. The first-order valence-electron chi connectivity index (χ1n) is 7.63. The lowest BCUT2D eigenvalue weighted by Gasteiger charge is -2.16. The van der Waals surface area contributed by atoms with Crippen LogP contribution in [0.4, 0.5) is 0 Å². The van der Waals surface area contributed by atoms with E-state index in [1.165, 1.54) is 0 Å². The number of hydrogen-bond donors (Lipinski definition) is 1. The number of hydrogen-bond acceptors (Lipinski definition) is 5. The molecule has 0 saturated carbocycles. The van der Waals surface area contributed by atoms with Gasteiger partial charge in [0, 0.05) is 29.3 Å². The molecule has 24 heavy (non-hydrogen) atoms. The third kappa shape index (κ3) is 4.49. The second kappa shape index (κ2) is 9.30. The van der Waals surface area contributed by atoms with Crippen LogP contribution in [0.15, 0.2) is 47.4 Å². The Bertz CT molecular complexity index is 676. The SMILES string of the molecule is COc1ccc(CNCC[S@](=O)c2ccccc2)c(OC)c1OC. The standard InChI is InChI=1S/C18H23NO4S/c1-21-16-10-9-14(17(22-2)18(16)23-3)13-19-11-12-24(20)15-7-5-4-6-8-15/h4-10,19H,11-13H2,1-3H3/t24-/m0/s1. The number of methoxy groups -OCH3 is 3. The van der Waals surface area contributed by atoms with Crippen molar-refractivity contribution in [3.05, 3.63) is 48.0 Å². The minimum Gasteiger partial charge on any atom is -0.493 e. The third-order valence-corrected chi connectivity index (χ3v) is 4.94. The van der Waals surface area contributed by atoms with E-state index in [0.29, 0.717) is 36.1 Å². The highest BCUT2D eigenvalue weighted by atomic mass is 32.2. The van der Waals surface area contributed by atoms with Crippen molar-refractivity contribution >= 4 is 10.8 Å². The molecule has 0 aromatic heterocycles. The number of benzene rings is 2. The van der Waals surface area contributed by atoms with Crippen LogP contribution in [-0.2, 0) is 17.3 Å². The summed E-state index contributed by atoms with van der Waals surface area (Å²) in [6.07, 6.45) is 0. The van der Waals surface area contributed by atoms with Crippen molar-refractivity contribution in [2.75, 3.05) is 33.6 Å². The van der Waals surface area contributed by atoms with Gasteiger partial charge in [-0.05, 0) is 18.2 Å². The monoisotopic (exact) mass is 349 g/mol. The van der Waals surface area contributed by atoms with Crippen LogP contribution >= 0.6 is 0 Å². The predicted molar refractivity (Wildman–Crippen MR) is 95.5 cm³/mol. The highest BCUT2D eigenvalue weighted by Gasteiger charge is 2.15. The molecule has 0 unspecified atom stereocenters. The molecule has 0 heterocycles. The molecule has 0 spiro atoms. The normalized spacial score (nSPS) is 11.8. The second-order valence-corrected chi connectivity index (χ2v) is 6.60. The van der Waals surface area contributed by atoms with Gasteiger partial charge in [0.25, 0.3) is 0 Å². The summed E-state index contributed by atoms with van der Waals surface area (Å²) in [5.41, 5.74) is 0.959. The van der Waals surface area contributed by atoms with Gasteiger partial charge < -0.3 is 19.5 Å². The molecular weight excluding hydrogens is 326 g/mol. The Kier molecular flexibility index (Phi) is 7.08. The third-order valence-electron chi connectivity index (χ3n) is 3.57. The van der Waals surface area contributed by atoms with Gasteiger partial charge in [0.05, 0.1) is 32.1 Å². The fourth-order valence-corrected chi connectivity index (χ4v) is 3.41. The molecule has 2 aromatic carbocycles. The zero-order valence-corrected chi connectivity index (χ0v) is 15.0. The van der Waals surface area contributed by atoms with Gasteiger partial charge in [-0.1, -0.05) is 24.3 Å². The van der Waals surface area contributed by atoms with Gasteiger partial charge in [-0.15, -0.1) is 0 Å². The summed E-state index contributed by atoms with van der Waals surface area (Å²) in [6, 6.07) is 13.3. The maximum Gasteiger partial charge on any atom is 0.203 e. The van der Waals surface area contributed by atoms with Crippen LogP contribution in [0.2, 0.25) is 0 Å². The predicted octanol–water partition coefficient (Wildman–Crippen LogP) is 2.61. The largest absolute Gasteiger partial charge is 0.493 e. The molecular formula is C18H23NO4S. The summed E-state index contributed by atoms with van der Waals surface area (Å²) in [7, 11) is 3.78. The van der Waals surface area contributed by atoms with E-state index >= 15 is 0 Å². The maximum atomic E-state index is 12.2. The van der Waals surface area contributed by atoms with Crippen molar-refractivity contribution < 1.29 is 18.4 Å². The lowest BCUT2D eigenvalue weighted by atomic mass is 10.1. The fraction of sp³-hybridized carbons (Fsp3) is 0.333. The quantitative estimate of drug-likeness (QED) is 0.705. The molecule has 0 aliphatic rings. The van der Waals surface area contributed by atoms with Crippen molar-refractivity contribution in [1.29, 1.82) is 0 Å². The van der Waals surface area contributed by atoms with Gasteiger partial charge in [-0.3, -0.25) is 4.21 Å². The molecule has 0 bridgehead atoms. The minimum atomic E-state index is -0.998. The van der Waals surface area contributed by atoms with Gasteiger partial charge in [0.2, 0.25) is 5.75 Å². The van der Waals surface area contributed by atoms with Crippen molar-refractivity contribution in [3.63, 3.8) is 0 Å². The first-order valence-corrected chi connectivity index (χ1v) is 8.95. The molecule has 1 N–H and O–H groups in total. The van der Waals surface area contributed by atoms with E-state index in [9.17, 15) is 4.21 Å². The summed E-state index contributed by atoms with van der Waals surface area (Å²) in [6.45, 7) is 1.23. The summed E-state index contributed by atoms with van der Waals surface area (Å²) in [5.74, 6) is 2.41. The highest BCUT2D eigenvalue weighted by Crippen LogP contribution is 2.39. The average Bonchev–Trinajstić information content (AvgIpc) is 2.64. The van der Waals surface area contributed by atoms with E-state index in [-0.39, 0.29) is 0 Å². The lowest BCUT2D eigenvalue weighted by Crippen LogP contribution is -2.20. The van der Waals surface area contributed by atoms with E-state index in [4.69, 9.17) is 14.2 Å². The average molecular weight is 349 g/mol. The van der Waals surface area contributed by atoms with Gasteiger partial charge in [0.1, 0.15) is 0 Å². The summed E-state index contributed by atoms with van der Waals surface area (Å²) < 4.78 is 28.3. The lowest BCUT2D eigenvalue weighted by molar-refractivity contribution is 0.321. The number of rotatable bonds is 9. The number of nitrogens with one attached hydrogen (secondary N) is 1. The smallest absolute Gasteiger partial charge is 0.203 e. The molecule has 6 heteroatoms. The van der Waals surface area contributed by atoms with Gasteiger partial charge in [-0.25, -0.2) is 0 Å². The van der Waals surface area contributed by atoms with Crippen LogP contribution in [0.5, 0.6) is 17.2 Å². The second-order valence-electron chi connectivity index (χ2n) is 5.03. The Balaban J connectivity index is 1.94. The van der Waals surface area contributed by atoms with Crippen molar-refractivity contribution in [2.24, 2.45) is 0 Å². The van der Waals surface area contributed by atoms with Crippen LogP contribution in [0.25, 0.3) is 0 Å². The van der Waals surface area contributed by atoms with Crippen molar-refractivity contribution in [3.8, 4) is 17.2 Å². The molecule has 5 nitrogen and oxygen atoms in total. The van der Waals surface area contributed by atoms with E-state index in [1.54, 1.807) is 21.3 Å². The molecule has 2 aromatic rings. The van der Waals surface area contributed by atoms with Crippen LogP contribution in [0.1, 0.15) is 5.56 Å². The van der Waals surface area contributed by atoms with Crippen molar-refractivity contribution in [1.82, 2.24) is 5.32 Å². The van der Waals surface area contributed by atoms with Crippen LogP contribution in [0, 0.1) is 0 Å². The Morgan fingerprint density at radius 1 is 0.917 bits per heavy atom. The summed E-state index contributed by atoms with van der Waals surface area (Å²) in [4.78, 5) is 0.850. The van der Waals surface area contributed by atoms with Gasteiger partial charge >= 0.3 is 0 Å². The van der Waals surface area contributed by atoms with Gasteiger partial charge in [-0.2, -0.15) is 0 Å². The zero-order chi connectivity index (χ0) is 17.4. The molecule has 0 saturated heterocycles. The molecule has 2 rings (SSSR count). The summed E-state index contributed by atoms with van der Waals surface area (Å²) in [5, 5.41) is 3.30. The first kappa shape index (κ1) is 18.3. The Morgan fingerprint density at radius 3 is 2.25 bits per heavy atom. The van der Waals surface area contributed by atoms with E-state index in [0.717, 1.165) is 10.5 Å². The molecule has 0 aliphatic heterocycles. The molecule has 0 aliphatic carbocycles. The Labute approximate surface area is 145 Å². The number of ether oxygens (including phenoxy) is 3. The van der Waals surface area contributed by atoms with E-state index in [1.807, 2.05) is 42.5 Å². The molecule has 130 valence electrons. The molecule has 1 atom stereocenters. The van der Waals surface area contributed by atoms with Crippen molar-refractivity contribution in [2.45, 2.75) is 11.4 Å². The molecule has 0 radical (unpaired) electrons. The van der Waals surface area contributed by atoms with Gasteiger partial charge in [0.15, 0.2) is 11.5 Å². The van der Waals surface area contributed by atoms with E-state index in [2.05, 4.69) is 5.32 Å². The topological polar surface area (TPSA) is 56.8 Å². The maximum absolute atomic E-state index is 12.2. The van der Waals surface area contributed by atoms with Crippen LogP contribution < -0.4 is 19.5 Å².